The molecule has 0 fully saturated rings. The molecule has 0 aliphatic rings. The van der Waals surface area contributed by atoms with Crippen molar-refractivity contribution in [3.05, 3.63) is 59.5 Å². The summed E-state index contributed by atoms with van der Waals surface area (Å²) in [6, 6.07) is 11.4. The molecule has 1 aromatic carbocycles. The Morgan fingerprint density at radius 1 is 1.05 bits per heavy atom. The molecule has 2 aromatic heterocycles. The molecule has 5 nitrogen and oxygen atoms in total. The molecule has 0 saturated carbocycles. The van der Waals surface area contributed by atoms with E-state index in [1.54, 1.807) is 18.6 Å². The van der Waals surface area contributed by atoms with Gasteiger partial charge in [0.05, 0.1) is 6.21 Å². The first-order valence-electron chi connectivity index (χ1n) is 5.94. The van der Waals surface area contributed by atoms with Crippen LogP contribution >= 0.6 is 11.6 Å². The van der Waals surface area contributed by atoms with Crippen molar-refractivity contribution in [2.75, 3.05) is 5.43 Å². The largest absolute Gasteiger partial charge is 0.264 e. The van der Waals surface area contributed by atoms with E-state index in [2.05, 4.69) is 25.7 Å². The number of pyridine rings is 1. The second-order valence-electron chi connectivity index (χ2n) is 4.04. The highest BCUT2D eigenvalue weighted by molar-refractivity contribution is 6.34. The van der Waals surface area contributed by atoms with E-state index < -0.39 is 0 Å². The molecule has 2 heterocycles. The van der Waals surface area contributed by atoms with Crippen molar-refractivity contribution in [1.29, 1.82) is 0 Å². The summed E-state index contributed by atoms with van der Waals surface area (Å²) in [6.45, 7) is 0. The number of hydrogen-bond donors (Lipinski definition) is 1. The number of anilines is 1. The topological polar surface area (TPSA) is 63.1 Å². The molecule has 0 aliphatic carbocycles. The van der Waals surface area contributed by atoms with Crippen LogP contribution < -0.4 is 5.43 Å². The molecule has 3 rings (SSSR count). The van der Waals surface area contributed by atoms with Gasteiger partial charge in [0.2, 0.25) is 0 Å². The Hall–Kier alpha value is -2.53. The lowest BCUT2D eigenvalue weighted by atomic mass is 10.2. The van der Waals surface area contributed by atoms with Gasteiger partial charge in [0.1, 0.15) is 0 Å². The van der Waals surface area contributed by atoms with Gasteiger partial charge in [0.25, 0.3) is 0 Å². The number of nitrogens with one attached hydrogen (secondary N) is 1. The van der Waals surface area contributed by atoms with Crippen LogP contribution in [-0.4, -0.2) is 21.4 Å². The van der Waals surface area contributed by atoms with E-state index in [9.17, 15) is 0 Å². The molecule has 0 saturated heterocycles. The van der Waals surface area contributed by atoms with Crippen molar-refractivity contribution in [2.24, 2.45) is 5.10 Å². The summed E-state index contributed by atoms with van der Waals surface area (Å²) in [5, 5.41) is 14.1. The van der Waals surface area contributed by atoms with Gasteiger partial charge in [-0.2, -0.15) is 5.10 Å². The van der Waals surface area contributed by atoms with Crippen LogP contribution in [0.5, 0.6) is 0 Å². The summed E-state index contributed by atoms with van der Waals surface area (Å²) >= 11 is 6.01. The Kier molecular flexibility index (Phi) is 3.52. The van der Waals surface area contributed by atoms with E-state index in [4.69, 9.17) is 11.6 Å². The van der Waals surface area contributed by atoms with E-state index in [1.165, 1.54) is 0 Å². The van der Waals surface area contributed by atoms with Crippen LogP contribution in [0.2, 0.25) is 5.15 Å². The lowest BCUT2D eigenvalue weighted by Gasteiger charge is -2.04. The smallest absolute Gasteiger partial charge is 0.176 e. The van der Waals surface area contributed by atoms with Crippen LogP contribution in [0.25, 0.3) is 10.8 Å². The van der Waals surface area contributed by atoms with Gasteiger partial charge in [0, 0.05) is 28.7 Å². The number of hydrazone groups is 1. The highest BCUT2D eigenvalue weighted by atomic mass is 35.5. The molecule has 0 amide bonds. The lowest BCUT2D eigenvalue weighted by molar-refractivity contribution is 1.04. The van der Waals surface area contributed by atoms with E-state index in [0.717, 1.165) is 16.3 Å². The van der Waals surface area contributed by atoms with Crippen molar-refractivity contribution in [2.45, 2.75) is 0 Å². The van der Waals surface area contributed by atoms with Crippen molar-refractivity contribution in [3.63, 3.8) is 0 Å². The van der Waals surface area contributed by atoms with Crippen molar-refractivity contribution >= 4 is 34.4 Å². The van der Waals surface area contributed by atoms with Gasteiger partial charge in [-0.3, -0.25) is 10.4 Å². The predicted octanol–water partition coefficient (Wildman–Crippen LogP) is 3.12. The van der Waals surface area contributed by atoms with Crippen LogP contribution in [0.4, 0.5) is 5.82 Å². The molecule has 0 atom stereocenters. The fraction of sp³-hybridized carbons (Fsp3) is 0. The molecule has 3 aromatic rings. The number of halogens is 1. The van der Waals surface area contributed by atoms with Gasteiger partial charge in [-0.1, -0.05) is 41.9 Å². The van der Waals surface area contributed by atoms with Crippen molar-refractivity contribution in [3.8, 4) is 0 Å². The van der Waals surface area contributed by atoms with Gasteiger partial charge in [-0.25, -0.2) is 0 Å². The molecule has 98 valence electrons. The second kappa shape index (κ2) is 5.63. The third-order valence-electron chi connectivity index (χ3n) is 2.71. The van der Waals surface area contributed by atoms with E-state index in [0.29, 0.717) is 11.0 Å². The highest BCUT2D eigenvalue weighted by Gasteiger charge is 2.05. The zero-order valence-electron chi connectivity index (χ0n) is 10.4. The fourth-order valence-electron chi connectivity index (χ4n) is 1.77. The van der Waals surface area contributed by atoms with Gasteiger partial charge < -0.3 is 0 Å². The molecule has 0 bridgehead atoms. The summed E-state index contributed by atoms with van der Waals surface area (Å²) in [4.78, 5) is 4.01. The van der Waals surface area contributed by atoms with Gasteiger partial charge in [-0.05, 0) is 6.07 Å². The lowest BCUT2D eigenvalue weighted by Crippen LogP contribution is -1.97. The summed E-state index contributed by atoms with van der Waals surface area (Å²) in [5.41, 5.74) is 3.77. The molecule has 1 N–H and O–H groups in total. The average molecular weight is 284 g/mol. The predicted molar refractivity (Wildman–Crippen MR) is 80.0 cm³/mol. The Bertz CT molecular complexity index is 758. The molecular formula is C14H10ClN5. The molecular weight excluding hydrogens is 274 g/mol. The quantitative estimate of drug-likeness (QED) is 0.592. The number of benzene rings is 1. The molecule has 0 spiro atoms. The Labute approximate surface area is 120 Å². The summed E-state index contributed by atoms with van der Waals surface area (Å²) < 4.78 is 0. The normalized spacial score (nSPS) is 11.1. The summed E-state index contributed by atoms with van der Waals surface area (Å²) in [7, 11) is 0. The minimum atomic E-state index is 0.377. The number of hydrogen-bond acceptors (Lipinski definition) is 5. The number of nitrogens with zero attached hydrogens (tertiary/aromatic N) is 4. The summed E-state index contributed by atoms with van der Waals surface area (Å²) in [6.07, 6.45) is 5.10. The maximum absolute atomic E-state index is 6.01. The van der Waals surface area contributed by atoms with E-state index >= 15 is 0 Å². The molecule has 20 heavy (non-hydrogen) atoms. The highest BCUT2D eigenvalue weighted by Crippen LogP contribution is 2.25. The molecule has 0 radical (unpaired) electrons. The summed E-state index contributed by atoms with van der Waals surface area (Å²) in [5.74, 6) is 0.560. The number of rotatable bonds is 3. The monoisotopic (exact) mass is 283 g/mol. The number of fused-ring (bicyclic) bond motifs is 1. The van der Waals surface area contributed by atoms with Crippen LogP contribution in [-0.2, 0) is 0 Å². The fourth-order valence-corrected chi connectivity index (χ4v) is 1.98. The third-order valence-corrected chi connectivity index (χ3v) is 2.99. The first kappa shape index (κ1) is 12.5. The Morgan fingerprint density at radius 3 is 2.70 bits per heavy atom. The van der Waals surface area contributed by atoms with Crippen LogP contribution in [0, 0.1) is 0 Å². The third kappa shape index (κ3) is 2.57. The van der Waals surface area contributed by atoms with Crippen LogP contribution in [0.1, 0.15) is 5.56 Å². The zero-order chi connectivity index (χ0) is 13.8. The molecule has 6 heteroatoms. The maximum Gasteiger partial charge on any atom is 0.176 e. The first-order chi connectivity index (χ1) is 9.84. The SMILES string of the molecule is Clc1nnc(N/N=C/c2cccnc2)c2ccccc12. The Morgan fingerprint density at radius 2 is 1.90 bits per heavy atom. The zero-order valence-corrected chi connectivity index (χ0v) is 11.1. The van der Waals surface area contributed by atoms with Crippen molar-refractivity contribution in [1.82, 2.24) is 15.2 Å². The van der Waals surface area contributed by atoms with Crippen LogP contribution in [0.15, 0.2) is 53.9 Å². The van der Waals surface area contributed by atoms with E-state index in [-0.39, 0.29) is 0 Å². The molecule has 0 unspecified atom stereocenters. The second-order valence-corrected chi connectivity index (χ2v) is 4.40. The Balaban J connectivity index is 1.89. The minimum absolute atomic E-state index is 0.377. The van der Waals surface area contributed by atoms with Crippen molar-refractivity contribution < 1.29 is 0 Å². The maximum atomic E-state index is 6.01. The van der Waals surface area contributed by atoms with Crippen LogP contribution in [0.3, 0.4) is 0 Å². The van der Waals surface area contributed by atoms with E-state index in [1.807, 2.05) is 36.4 Å². The molecule has 0 aliphatic heterocycles. The standard InChI is InChI=1S/C14H10ClN5/c15-13-11-5-1-2-6-12(11)14(20-18-13)19-17-9-10-4-3-7-16-8-10/h1-9H,(H,19,20)/b17-9+. The minimum Gasteiger partial charge on any atom is -0.264 e. The number of aromatic nitrogens is 3. The van der Waals surface area contributed by atoms with Gasteiger partial charge in [0.15, 0.2) is 11.0 Å². The van der Waals surface area contributed by atoms with Gasteiger partial charge >= 0.3 is 0 Å². The van der Waals surface area contributed by atoms with Gasteiger partial charge in [-0.15, -0.1) is 10.2 Å². The average Bonchev–Trinajstić information content (AvgIpc) is 2.51. The first-order valence-corrected chi connectivity index (χ1v) is 6.32.